The third kappa shape index (κ3) is 5.33. The van der Waals surface area contributed by atoms with E-state index in [1.807, 2.05) is 4.90 Å². The van der Waals surface area contributed by atoms with E-state index >= 15 is 0 Å². The summed E-state index contributed by atoms with van der Waals surface area (Å²) in [7, 11) is 0. The van der Waals surface area contributed by atoms with Gasteiger partial charge in [0.25, 0.3) is 0 Å². The molecule has 120 valence electrons. The number of rotatable bonds is 5. The number of carbonyl (C=O) groups is 2. The zero-order chi connectivity index (χ0) is 15.2. The Bertz CT molecular complexity index is 369. The Hall–Kier alpha value is -1.06. The van der Waals surface area contributed by atoms with E-state index in [1.54, 1.807) is 0 Å². The van der Waals surface area contributed by atoms with Crippen LogP contribution in [0.25, 0.3) is 0 Å². The second-order valence-corrected chi connectivity index (χ2v) is 7.12. The Morgan fingerprint density at radius 2 is 1.90 bits per heavy atom. The molecule has 0 bridgehead atoms. The number of aliphatic carboxylic acids is 1. The molecule has 1 aliphatic carbocycles. The maximum Gasteiger partial charge on any atom is 0.303 e. The van der Waals surface area contributed by atoms with Gasteiger partial charge < -0.3 is 10.0 Å². The van der Waals surface area contributed by atoms with E-state index in [4.69, 9.17) is 5.11 Å². The van der Waals surface area contributed by atoms with E-state index in [-0.39, 0.29) is 6.42 Å². The Labute approximate surface area is 127 Å². The standard InChI is InChI=1S/C17H29NO3/c1-13-4-2-5-15(10-13)11-16(19)18-9-3-6-14(12-18)7-8-17(20)21/h13-15H,2-12H2,1H3,(H,20,21). The van der Waals surface area contributed by atoms with E-state index in [2.05, 4.69) is 6.92 Å². The molecule has 2 aliphatic rings. The van der Waals surface area contributed by atoms with Gasteiger partial charge in [0.2, 0.25) is 5.91 Å². The molecule has 2 rings (SSSR count). The molecule has 0 radical (unpaired) electrons. The Morgan fingerprint density at radius 3 is 2.62 bits per heavy atom. The third-order valence-corrected chi connectivity index (χ3v) is 5.15. The summed E-state index contributed by atoms with van der Waals surface area (Å²) in [5.41, 5.74) is 0. The van der Waals surface area contributed by atoms with Crippen molar-refractivity contribution >= 4 is 11.9 Å². The lowest BCUT2D eigenvalue weighted by molar-refractivity contribution is -0.137. The monoisotopic (exact) mass is 295 g/mol. The lowest BCUT2D eigenvalue weighted by atomic mass is 9.80. The molecule has 1 aliphatic heterocycles. The van der Waals surface area contributed by atoms with Gasteiger partial charge in [0.15, 0.2) is 0 Å². The molecule has 1 N–H and O–H groups in total. The van der Waals surface area contributed by atoms with Crippen LogP contribution in [0.1, 0.15) is 64.7 Å². The van der Waals surface area contributed by atoms with Crippen molar-refractivity contribution < 1.29 is 14.7 Å². The number of nitrogens with zero attached hydrogens (tertiary/aromatic N) is 1. The minimum absolute atomic E-state index is 0.229. The van der Waals surface area contributed by atoms with Crippen molar-refractivity contribution in [2.24, 2.45) is 17.8 Å². The van der Waals surface area contributed by atoms with Crippen LogP contribution in [0.4, 0.5) is 0 Å². The minimum atomic E-state index is -0.727. The minimum Gasteiger partial charge on any atom is -0.481 e. The molecule has 0 aromatic heterocycles. The average Bonchev–Trinajstić information content (AvgIpc) is 2.45. The van der Waals surface area contributed by atoms with Crippen LogP contribution >= 0.6 is 0 Å². The molecule has 1 saturated carbocycles. The summed E-state index contributed by atoms with van der Waals surface area (Å²) in [4.78, 5) is 25.1. The van der Waals surface area contributed by atoms with Crippen molar-refractivity contribution in [1.82, 2.24) is 4.90 Å². The van der Waals surface area contributed by atoms with Crippen molar-refractivity contribution in [3.8, 4) is 0 Å². The molecule has 2 fully saturated rings. The summed E-state index contributed by atoms with van der Waals surface area (Å²) in [5, 5.41) is 8.78. The zero-order valence-electron chi connectivity index (χ0n) is 13.2. The summed E-state index contributed by atoms with van der Waals surface area (Å²) >= 11 is 0. The first-order chi connectivity index (χ1) is 10.0. The highest BCUT2D eigenvalue weighted by molar-refractivity contribution is 5.76. The Morgan fingerprint density at radius 1 is 1.14 bits per heavy atom. The third-order valence-electron chi connectivity index (χ3n) is 5.15. The van der Waals surface area contributed by atoms with Crippen LogP contribution < -0.4 is 0 Å². The second-order valence-electron chi connectivity index (χ2n) is 7.12. The van der Waals surface area contributed by atoms with E-state index in [0.717, 1.165) is 31.8 Å². The van der Waals surface area contributed by atoms with Gasteiger partial charge in [-0.15, -0.1) is 0 Å². The van der Waals surface area contributed by atoms with Crippen LogP contribution in [0.3, 0.4) is 0 Å². The fraction of sp³-hybridized carbons (Fsp3) is 0.882. The lowest BCUT2D eigenvalue weighted by Gasteiger charge is -2.34. The van der Waals surface area contributed by atoms with Crippen LogP contribution in [0.5, 0.6) is 0 Å². The smallest absolute Gasteiger partial charge is 0.303 e. The van der Waals surface area contributed by atoms with Crippen molar-refractivity contribution in [2.75, 3.05) is 13.1 Å². The SMILES string of the molecule is CC1CCCC(CC(=O)N2CCCC(CCC(=O)O)C2)C1. The van der Waals surface area contributed by atoms with Crippen molar-refractivity contribution in [2.45, 2.75) is 64.7 Å². The van der Waals surface area contributed by atoms with Gasteiger partial charge in [-0.3, -0.25) is 9.59 Å². The summed E-state index contributed by atoms with van der Waals surface area (Å²) in [6.45, 7) is 3.93. The van der Waals surface area contributed by atoms with Gasteiger partial charge in [-0.1, -0.05) is 19.8 Å². The van der Waals surface area contributed by atoms with Crippen molar-refractivity contribution in [3.63, 3.8) is 0 Å². The van der Waals surface area contributed by atoms with Crippen LogP contribution in [0.2, 0.25) is 0 Å². The molecule has 3 atom stereocenters. The van der Waals surface area contributed by atoms with E-state index in [1.165, 1.54) is 25.7 Å². The number of carbonyl (C=O) groups excluding carboxylic acids is 1. The molecule has 1 amide bonds. The molecule has 1 heterocycles. The summed E-state index contributed by atoms with van der Waals surface area (Å²) in [6, 6.07) is 0. The van der Waals surface area contributed by atoms with Gasteiger partial charge in [0, 0.05) is 25.9 Å². The highest BCUT2D eigenvalue weighted by Crippen LogP contribution is 2.31. The molecule has 0 aromatic carbocycles. The first-order valence-electron chi connectivity index (χ1n) is 8.54. The lowest BCUT2D eigenvalue weighted by Crippen LogP contribution is -2.41. The van der Waals surface area contributed by atoms with Gasteiger partial charge >= 0.3 is 5.97 Å². The first-order valence-corrected chi connectivity index (χ1v) is 8.54. The van der Waals surface area contributed by atoms with E-state index in [9.17, 15) is 9.59 Å². The average molecular weight is 295 g/mol. The van der Waals surface area contributed by atoms with Crippen LogP contribution in [-0.2, 0) is 9.59 Å². The van der Waals surface area contributed by atoms with Crippen LogP contribution in [0.15, 0.2) is 0 Å². The number of hydrogen-bond acceptors (Lipinski definition) is 2. The van der Waals surface area contributed by atoms with E-state index in [0.29, 0.717) is 30.6 Å². The Kier molecular flexibility index (Phi) is 6.07. The Balaban J connectivity index is 1.77. The molecule has 0 aromatic rings. The topological polar surface area (TPSA) is 57.6 Å². The van der Waals surface area contributed by atoms with Crippen LogP contribution in [0, 0.1) is 17.8 Å². The highest BCUT2D eigenvalue weighted by Gasteiger charge is 2.27. The quantitative estimate of drug-likeness (QED) is 0.846. The fourth-order valence-corrected chi connectivity index (χ4v) is 3.98. The molecule has 4 heteroatoms. The number of amides is 1. The predicted octanol–water partition coefficient (Wildman–Crippen LogP) is 3.31. The highest BCUT2D eigenvalue weighted by atomic mass is 16.4. The second kappa shape index (κ2) is 7.81. The van der Waals surface area contributed by atoms with Gasteiger partial charge in [-0.2, -0.15) is 0 Å². The largest absolute Gasteiger partial charge is 0.481 e. The number of piperidine rings is 1. The van der Waals surface area contributed by atoms with Crippen LogP contribution in [-0.4, -0.2) is 35.0 Å². The van der Waals surface area contributed by atoms with Gasteiger partial charge in [0.1, 0.15) is 0 Å². The number of carboxylic acid groups (broad SMARTS) is 1. The van der Waals surface area contributed by atoms with Crippen molar-refractivity contribution in [3.05, 3.63) is 0 Å². The molecular weight excluding hydrogens is 266 g/mol. The first kappa shape index (κ1) is 16.3. The van der Waals surface area contributed by atoms with Gasteiger partial charge in [-0.05, 0) is 49.9 Å². The number of hydrogen-bond donors (Lipinski definition) is 1. The van der Waals surface area contributed by atoms with Crippen molar-refractivity contribution in [1.29, 1.82) is 0 Å². The van der Waals surface area contributed by atoms with E-state index < -0.39 is 5.97 Å². The summed E-state index contributed by atoms with van der Waals surface area (Å²) in [5.74, 6) is 1.29. The molecule has 1 saturated heterocycles. The number of likely N-dealkylation sites (tertiary alicyclic amines) is 1. The number of carboxylic acids is 1. The molecule has 0 spiro atoms. The molecule has 3 unspecified atom stereocenters. The van der Waals surface area contributed by atoms with Gasteiger partial charge in [0.05, 0.1) is 0 Å². The molecule has 4 nitrogen and oxygen atoms in total. The maximum atomic E-state index is 12.5. The fourth-order valence-electron chi connectivity index (χ4n) is 3.98. The van der Waals surface area contributed by atoms with Gasteiger partial charge in [-0.25, -0.2) is 0 Å². The normalized spacial score (nSPS) is 30.1. The summed E-state index contributed by atoms with van der Waals surface area (Å²) in [6.07, 6.45) is 8.71. The zero-order valence-corrected chi connectivity index (χ0v) is 13.2. The molecule has 21 heavy (non-hydrogen) atoms. The summed E-state index contributed by atoms with van der Waals surface area (Å²) < 4.78 is 0. The maximum absolute atomic E-state index is 12.5. The molecular formula is C17H29NO3. The predicted molar refractivity (Wildman–Crippen MR) is 81.9 cm³/mol.